The molecule has 164 valence electrons. The van der Waals surface area contributed by atoms with Crippen molar-refractivity contribution in [1.82, 2.24) is 4.90 Å². The van der Waals surface area contributed by atoms with Crippen molar-refractivity contribution in [2.45, 2.75) is 120 Å². The zero-order valence-corrected chi connectivity index (χ0v) is 22.8. The van der Waals surface area contributed by atoms with Crippen molar-refractivity contribution in [1.29, 1.82) is 0 Å². The maximum Gasteiger partial charge on any atom is 0.221 e. The van der Waals surface area contributed by atoms with Gasteiger partial charge in [-0.25, -0.2) is 0 Å². The summed E-state index contributed by atoms with van der Waals surface area (Å²) in [6.07, 6.45) is 2.40. The Bertz CT molecular complexity index is 585. The molecule has 1 heterocycles. The molecule has 0 fully saturated rings. The monoisotopic (exact) mass is 445 g/mol. The van der Waals surface area contributed by atoms with Crippen LogP contribution in [-0.4, -0.2) is 41.0 Å². The van der Waals surface area contributed by atoms with Crippen LogP contribution in [-0.2, 0) is 4.79 Å². The van der Waals surface area contributed by atoms with Crippen molar-refractivity contribution < 1.29 is 4.79 Å². The third-order valence-electron chi connectivity index (χ3n) is 4.09. The molecule has 0 saturated heterocycles. The van der Waals surface area contributed by atoms with Crippen molar-refractivity contribution in [2.75, 3.05) is 0 Å². The SMILES string of the molecule is CC(=O)N1C(SC(C)(C)C)C=C(C(C)(C)C)C(SC(C)(C)C)C1SC(C)(C)C. The van der Waals surface area contributed by atoms with Crippen molar-refractivity contribution in [2.24, 2.45) is 5.41 Å². The number of nitrogens with zero attached hydrogens (tertiary/aromatic N) is 1. The van der Waals surface area contributed by atoms with E-state index >= 15 is 0 Å². The maximum absolute atomic E-state index is 12.9. The summed E-state index contributed by atoms with van der Waals surface area (Å²) in [5.74, 6) is 0.173. The van der Waals surface area contributed by atoms with E-state index in [4.69, 9.17) is 0 Å². The Morgan fingerprint density at radius 3 is 1.54 bits per heavy atom. The smallest absolute Gasteiger partial charge is 0.221 e. The lowest BCUT2D eigenvalue weighted by Crippen LogP contribution is -2.54. The van der Waals surface area contributed by atoms with E-state index < -0.39 is 0 Å². The Morgan fingerprint density at radius 1 is 0.786 bits per heavy atom. The van der Waals surface area contributed by atoms with E-state index in [0.29, 0.717) is 0 Å². The van der Waals surface area contributed by atoms with Gasteiger partial charge in [0.05, 0.1) is 16.0 Å². The van der Waals surface area contributed by atoms with Gasteiger partial charge in [-0.05, 0) is 11.0 Å². The highest BCUT2D eigenvalue weighted by atomic mass is 32.2. The summed E-state index contributed by atoms with van der Waals surface area (Å²) in [6.45, 7) is 29.0. The number of thioether (sulfide) groups is 3. The third kappa shape index (κ3) is 8.18. The van der Waals surface area contributed by atoms with Crippen LogP contribution >= 0.6 is 35.3 Å². The molecule has 5 heteroatoms. The number of hydrogen-bond acceptors (Lipinski definition) is 4. The Labute approximate surface area is 187 Å². The average molecular weight is 446 g/mol. The van der Waals surface area contributed by atoms with E-state index in [1.807, 2.05) is 35.3 Å². The second-order valence-corrected chi connectivity index (χ2v) is 17.5. The van der Waals surface area contributed by atoms with Crippen molar-refractivity contribution in [3.05, 3.63) is 11.6 Å². The third-order valence-corrected chi connectivity index (χ3v) is 8.50. The van der Waals surface area contributed by atoms with Crippen molar-refractivity contribution in [3.8, 4) is 0 Å². The Hall–Kier alpha value is 0.260. The number of amides is 1. The molecule has 0 aromatic heterocycles. The minimum atomic E-state index is 0.0686. The zero-order chi connectivity index (χ0) is 22.3. The van der Waals surface area contributed by atoms with Gasteiger partial charge in [0.25, 0.3) is 0 Å². The van der Waals surface area contributed by atoms with Gasteiger partial charge in [-0.15, -0.1) is 35.3 Å². The molecule has 28 heavy (non-hydrogen) atoms. The lowest BCUT2D eigenvalue weighted by Gasteiger charge is -2.51. The van der Waals surface area contributed by atoms with Crippen LogP contribution in [0.4, 0.5) is 0 Å². The summed E-state index contributed by atoms with van der Waals surface area (Å²) in [5, 5.41) is 0.481. The first-order valence-corrected chi connectivity index (χ1v) is 12.9. The molecule has 1 rings (SSSR count). The first-order chi connectivity index (χ1) is 12.2. The highest BCUT2D eigenvalue weighted by molar-refractivity contribution is 8.05. The van der Waals surface area contributed by atoms with Gasteiger partial charge in [-0.2, -0.15) is 0 Å². The van der Waals surface area contributed by atoms with Gasteiger partial charge >= 0.3 is 0 Å². The van der Waals surface area contributed by atoms with Crippen LogP contribution < -0.4 is 0 Å². The van der Waals surface area contributed by atoms with Crippen LogP contribution in [0.15, 0.2) is 11.6 Å². The summed E-state index contributed by atoms with van der Waals surface area (Å²) in [4.78, 5) is 15.1. The molecule has 0 radical (unpaired) electrons. The minimum Gasteiger partial charge on any atom is -0.314 e. The Kier molecular flexibility index (Phi) is 8.25. The molecule has 0 aliphatic carbocycles. The van der Waals surface area contributed by atoms with Crippen molar-refractivity contribution >= 4 is 41.2 Å². The van der Waals surface area contributed by atoms with Crippen LogP contribution in [0.2, 0.25) is 0 Å². The average Bonchev–Trinajstić information content (AvgIpc) is 2.34. The van der Waals surface area contributed by atoms with E-state index in [1.165, 1.54) is 5.57 Å². The van der Waals surface area contributed by atoms with Gasteiger partial charge in [0, 0.05) is 21.2 Å². The number of carbonyl (C=O) groups excluding carboxylic acids is 1. The predicted octanol–water partition coefficient (Wildman–Crippen LogP) is 7.44. The minimum absolute atomic E-state index is 0.0686. The van der Waals surface area contributed by atoms with Gasteiger partial charge < -0.3 is 4.90 Å². The fourth-order valence-corrected chi connectivity index (χ4v) is 7.94. The molecular weight excluding hydrogens is 402 g/mol. The second-order valence-electron chi connectivity index (χ2n) is 11.7. The summed E-state index contributed by atoms with van der Waals surface area (Å²) in [7, 11) is 0. The van der Waals surface area contributed by atoms with Crippen LogP contribution in [0.3, 0.4) is 0 Å². The fraction of sp³-hybridized carbons (Fsp3) is 0.870. The van der Waals surface area contributed by atoms with E-state index in [2.05, 4.69) is 94.1 Å². The van der Waals surface area contributed by atoms with Gasteiger partial charge in [0.15, 0.2) is 0 Å². The summed E-state index contributed by atoms with van der Waals surface area (Å²) < 4.78 is 0.281. The molecule has 2 nitrogen and oxygen atoms in total. The normalized spacial score (nSPS) is 25.0. The molecule has 3 atom stereocenters. The van der Waals surface area contributed by atoms with Gasteiger partial charge in [0.1, 0.15) is 0 Å². The number of carbonyl (C=O) groups is 1. The zero-order valence-electron chi connectivity index (χ0n) is 20.4. The lowest BCUT2D eigenvalue weighted by atomic mass is 9.82. The van der Waals surface area contributed by atoms with Gasteiger partial charge in [0.2, 0.25) is 5.91 Å². The molecule has 0 bridgehead atoms. The largest absolute Gasteiger partial charge is 0.314 e. The molecule has 0 N–H and O–H groups in total. The fourth-order valence-electron chi connectivity index (χ4n) is 3.24. The standard InChI is InChI=1S/C23H43NOS3/c1-15(25)24-17(26-21(5,6)7)14-16(20(2,3)4)18(27-22(8,9)10)19(24)28-23(11,12)13/h14,17-19H,1-13H3. The molecule has 1 amide bonds. The predicted molar refractivity (Wildman–Crippen MR) is 133 cm³/mol. The summed E-state index contributed by atoms with van der Waals surface area (Å²) in [6, 6.07) is 0. The topological polar surface area (TPSA) is 20.3 Å². The molecule has 3 unspecified atom stereocenters. The molecule has 1 aliphatic heterocycles. The van der Waals surface area contributed by atoms with Gasteiger partial charge in [-0.1, -0.05) is 89.2 Å². The highest BCUT2D eigenvalue weighted by Gasteiger charge is 2.46. The van der Waals surface area contributed by atoms with Gasteiger partial charge in [-0.3, -0.25) is 4.79 Å². The van der Waals surface area contributed by atoms with Crippen LogP contribution in [0, 0.1) is 5.41 Å². The maximum atomic E-state index is 12.9. The summed E-state index contributed by atoms with van der Waals surface area (Å²) in [5.41, 5.74) is 1.55. The highest BCUT2D eigenvalue weighted by Crippen LogP contribution is 2.52. The van der Waals surface area contributed by atoms with Crippen LogP contribution in [0.1, 0.15) is 90.0 Å². The Balaban J connectivity index is 3.65. The van der Waals surface area contributed by atoms with Crippen molar-refractivity contribution in [3.63, 3.8) is 0 Å². The van der Waals surface area contributed by atoms with E-state index in [1.54, 1.807) is 6.92 Å². The van der Waals surface area contributed by atoms with Crippen LogP contribution in [0.5, 0.6) is 0 Å². The molecular formula is C23H43NOS3. The molecule has 0 aromatic carbocycles. The van der Waals surface area contributed by atoms with E-state index in [0.717, 1.165) is 0 Å². The lowest BCUT2D eigenvalue weighted by molar-refractivity contribution is -0.129. The molecule has 0 spiro atoms. The van der Waals surface area contributed by atoms with E-state index in [-0.39, 0.29) is 41.6 Å². The number of hydrogen-bond donors (Lipinski definition) is 0. The quantitative estimate of drug-likeness (QED) is 0.420. The molecule has 1 aliphatic rings. The van der Waals surface area contributed by atoms with E-state index in [9.17, 15) is 4.79 Å². The number of rotatable bonds is 3. The Morgan fingerprint density at radius 2 is 1.21 bits per heavy atom. The molecule has 0 aromatic rings. The first-order valence-electron chi connectivity index (χ1n) is 10.3. The second kappa shape index (κ2) is 8.78. The molecule has 0 saturated carbocycles. The summed E-state index contributed by atoms with van der Waals surface area (Å²) >= 11 is 5.84. The van der Waals surface area contributed by atoms with Crippen LogP contribution in [0.25, 0.3) is 0 Å². The first kappa shape index (κ1) is 26.3.